The second kappa shape index (κ2) is 6.97. The van der Waals surface area contributed by atoms with Gasteiger partial charge < -0.3 is 4.74 Å². The fourth-order valence-electron chi connectivity index (χ4n) is 1.37. The Morgan fingerprint density at radius 3 is 1.94 bits per heavy atom. The molecule has 0 saturated heterocycles. The van der Waals surface area contributed by atoms with E-state index in [0.29, 0.717) is 5.56 Å². The van der Waals surface area contributed by atoms with Gasteiger partial charge in [-0.15, -0.1) is 11.3 Å². The van der Waals surface area contributed by atoms with Gasteiger partial charge in [0, 0.05) is 4.88 Å². The SMILES string of the molecule is COC(=O)c1ccsc1C.Cc1ccccc1C. The summed E-state index contributed by atoms with van der Waals surface area (Å²) in [6.45, 7) is 6.14. The highest BCUT2D eigenvalue weighted by atomic mass is 32.1. The molecular formula is C15H18O2S. The number of hydrogen-bond acceptors (Lipinski definition) is 3. The molecule has 2 aromatic rings. The summed E-state index contributed by atoms with van der Waals surface area (Å²) in [5, 5.41) is 1.88. The molecule has 0 radical (unpaired) electrons. The van der Waals surface area contributed by atoms with E-state index in [9.17, 15) is 4.79 Å². The van der Waals surface area contributed by atoms with Gasteiger partial charge in [-0.05, 0) is 43.3 Å². The number of methoxy groups -OCH3 is 1. The molecule has 0 aliphatic rings. The molecule has 0 spiro atoms. The third-order valence-corrected chi connectivity index (χ3v) is 3.54. The van der Waals surface area contributed by atoms with Gasteiger partial charge in [0.1, 0.15) is 0 Å². The molecule has 0 fully saturated rings. The highest BCUT2D eigenvalue weighted by Crippen LogP contribution is 2.15. The lowest BCUT2D eigenvalue weighted by Gasteiger charge is -1.94. The molecule has 96 valence electrons. The first-order chi connectivity index (χ1) is 8.56. The van der Waals surface area contributed by atoms with Gasteiger partial charge in [0.05, 0.1) is 12.7 Å². The highest BCUT2D eigenvalue weighted by molar-refractivity contribution is 7.10. The summed E-state index contributed by atoms with van der Waals surface area (Å²) in [7, 11) is 1.39. The number of esters is 1. The molecule has 2 rings (SSSR count). The first-order valence-corrected chi connectivity index (χ1v) is 6.59. The fourth-order valence-corrected chi connectivity index (χ4v) is 2.06. The summed E-state index contributed by atoms with van der Waals surface area (Å²) < 4.78 is 4.54. The van der Waals surface area contributed by atoms with Crippen LogP contribution in [0, 0.1) is 20.8 Å². The van der Waals surface area contributed by atoms with Crippen molar-refractivity contribution in [2.75, 3.05) is 7.11 Å². The third kappa shape index (κ3) is 4.00. The zero-order chi connectivity index (χ0) is 13.5. The van der Waals surface area contributed by atoms with Crippen LogP contribution in [-0.4, -0.2) is 13.1 Å². The predicted molar refractivity (Wildman–Crippen MR) is 76.3 cm³/mol. The second-order valence-corrected chi connectivity index (χ2v) is 5.09. The van der Waals surface area contributed by atoms with Gasteiger partial charge in [0.15, 0.2) is 0 Å². The molecule has 0 amide bonds. The van der Waals surface area contributed by atoms with E-state index in [1.165, 1.54) is 18.2 Å². The summed E-state index contributed by atoms with van der Waals surface area (Å²) in [5.41, 5.74) is 3.41. The maximum Gasteiger partial charge on any atom is 0.338 e. The van der Waals surface area contributed by atoms with Gasteiger partial charge in [0.2, 0.25) is 0 Å². The molecule has 0 atom stereocenters. The van der Waals surface area contributed by atoms with Crippen molar-refractivity contribution in [1.82, 2.24) is 0 Å². The molecule has 0 bridgehead atoms. The minimum absolute atomic E-state index is 0.251. The Morgan fingerprint density at radius 2 is 1.61 bits per heavy atom. The van der Waals surface area contributed by atoms with Gasteiger partial charge >= 0.3 is 5.97 Å². The monoisotopic (exact) mass is 262 g/mol. The Hall–Kier alpha value is -1.61. The van der Waals surface area contributed by atoms with Crippen molar-refractivity contribution in [1.29, 1.82) is 0 Å². The normalized spacial score (nSPS) is 9.33. The van der Waals surface area contributed by atoms with Crippen LogP contribution in [0.1, 0.15) is 26.4 Å². The molecular weight excluding hydrogens is 244 g/mol. The van der Waals surface area contributed by atoms with E-state index in [1.807, 2.05) is 12.3 Å². The Kier molecular flexibility index (Phi) is 5.59. The summed E-state index contributed by atoms with van der Waals surface area (Å²) in [6.07, 6.45) is 0. The molecule has 0 saturated carbocycles. The lowest BCUT2D eigenvalue weighted by molar-refractivity contribution is 0.0600. The van der Waals surface area contributed by atoms with Crippen molar-refractivity contribution in [3.63, 3.8) is 0 Å². The Balaban J connectivity index is 0.000000184. The molecule has 3 heteroatoms. The summed E-state index contributed by atoms with van der Waals surface area (Å²) in [5.74, 6) is -0.251. The maximum atomic E-state index is 10.9. The van der Waals surface area contributed by atoms with Gasteiger partial charge in [-0.1, -0.05) is 24.3 Å². The van der Waals surface area contributed by atoms with E-state index in [-0.39, 0.29) is 5.97 Å². The van der Waals surface area contributed by atoms with Crippen molar-refractivity contribution in [2.24, 2.45) is 0 Å². The predicted octanol–water partition coefficient (Wildman–Crippen LogP) is 4.15. The molecule has 1 heterocycles. The Bertz CT molecular complexity index is 494. The number of carbonyl (C=O) groups is 1. The zero-order valence-corrected chi connectivity index (χ0v) is 12.0. The fraction of sp³-hybridized carbons (Fsp3) is 0.267. The van der Waals surface area contributed by atoms with Gasteiger partial charge in [-0.2, -0.15) is 0 Å². The minimum Gasteiger partial charge on any atom is -0.465 e. The molecule has 1 aromatic heterocycles. The number of carbonyl (C=O) groups excluding carboxylic acids is 1. The minimum atomic E-state index is -0.251. The highest BCUT2D eigenvalue weighted by Gasteiger charge is 2.08. The number of thiophene rings is 1. The molecule has 0 N–H and O–H groups in total. The molecule has 18 heavy (non-hydrogen) atoms. The second-order valence-electron chi connectivity index (χ2n) is 3.97. The zero-order valence-electron chi connectivity index (χ0n) is 11.2. The molecule has 0 aliphatic heterocycles. The molecule has 0 aliphatic carbocycles. The van der Waals surface area contributed by atoms with Crippen LogP contribution in [0.15, 0.2) is 35.7 Å². The third-order valence-electron chi connectivity index (χ3n) is 2.69. The summed E-state index contributed by atoms with van der Waals surface area (Å²) in [6, 6.07) is 10.1. The van der Waals surface area contributed by atoms with Crippen LogP contribution >= 0.6 is 11.3 Å². The number of hydrogen-bond donors (Lipinski definition) is 0. The van der Waals surface area contributed by atoms with E-state index >= 15 is 0 Å². The van der Waals surface area contributed by atoms with E-state index in [0.717, 1.165) is 4.88 Å². The first kappa shape index (κ1) is 14.5. The van der Waals surface area contributed by atoms with Crippen LogP contribution in [0.2, 0.25) is 0 Å². The van der Waals surface area contributed by atoms with E-state index < -0.39 is 0 Å². The van der Waals surface area contributed by atoms with Crippen molar-refractivity contribution < 1.29 is 9.53 Å². The molecule has 0 unspecified atom stereocenters. The number of benzene rings is 1. The quantitative estimate of drug-likeness (QED) is 0.722. The average molecular weight is 262 g/mol. The van der Waals surface area contributed by atoms with E-state index in [2.05, 4.69) is 42.8 Å². The largest absolute Gasteiger partial charge is 0.465 e. The Labute approximate surface area is 112 Å². The summed E-state index contributed by atoms with van der Waals surface area (Å²) >= 11 is 1.55. The lowest BCUT2D eigenvalue weighted by Crippen LogP contribution is -2.00. The van der Waals surface area contributed by atoms with Crippen LogP contribution in [0.5, 0.6) is 0 Å². The van der Waals surface area contributed by atoms with Crippen LogP contribution in [0.3, 0.4) is 0 Å². The van der Waals surface area contributed by atoms with Gasteiger partial charge in [-0.3, -0.25) is 0 Å². The van der Waals surface area contributed by atoms with Crippen molar-refractivity contribution in [3.8, 4) is 0 Å². The molecule has 1 aromatic carbocycles. The van der Waals surface area contributed by atoms with E-state index in [1.54, 1.807) is 17.4 Å². The standard InChI is InChI=1S/C8H10.C7H8O2S/c1-7-5-3-4-6-8(7)2;1-5-6(3-4-10-5)7(8)9-2/h3-6H,1-2H3;3-4H,1-2H3. The average Bonchev–Trinajstić information content (AvgIpc) is 2.79. The first-order valence-electron chi connectivity index (χ1n) is 5.71. The van der Waals surface area contributed by atoms with Crippen molar-refractivity contribution in [2.45, 2.75) is 20.8 Å². The van der Waals surface area contributed by atoms with Crippen molar-refractivity contribution in [3.05, 3.63) is 57.3 Å². The topological polar surface area (TPSA) is 26.3 Å². The smallest absolute Gasteiger partial charge is 0.338 e. The number of ether oxygens (including phenoxy) is 1. The van der Waals surface area contributed by atoms with Gasteiger partial charge in [-0.25, -0.2) is 4.79 Å². The lowest BCUT2D eigenvalue weighted by atomic mass is 10.1. The summed E-state index contributed by atoms with van der Waals surface area (Å²) in [4.78, 5) is 11.9. The van der Waals surface area contributed by atoms with E-state index in [4.69, 9.17) is 0 Å². The molecule has 2 nitrogen and oxygen atoms in total. The van der Waals surface area contributed by atoms with Crippen LogP contribution in [0.25, 0.3) is 0 Å². The van der Waals surface area contributed by atoms with Crippen LogP contribution < -0.4 is 0 Å². The number of aryl methyl sites for hydroxylation is 3. The van der Waals surface area contributed by atoms with Gasteiger partial charge in [0.25, 0.3) is 0 Å². The van der Waals surface area contributed by atoms with Crippen LogP contribution in [-0.2, 0) is 4.74 Å². The number of rotatable bonds is 1. The maximum absolute atomic E-state index is 10.9. The van der Waals surface area contributed by atoms with Crippen LogP contribution in [0.4, 0.5) is 0 Å². The Morgan fingerprint density at radius 1 is 1.06 bits per heavy atom. The van der Waals surface area contributed by atoms with Crippen molar-refractivity contribution >= 4 is 17.3 Å².